The normalized spacial score (nSPS) is 11.4. The van der Waals surface area contributed by atoms with Gasteiger partial charge in [-0.2, -0.15) is 18.2 Å². The molecule has 0 radical (unpaired) electrons. The molecule has 0 saturated heterocycles. The number of benzene rings is 2. The van der Waals surface area contributed by atoms with Crippen molar-refractivity contribution in [2.24, 2.45) is 0 Å². The molecule has 0 saturated carbocycles. The van der Waals surface area contributed by atoms with Crippen LogP contribution in [0.5, 0.6) is 11.6 Å². The number of carbonyl (C=O) groups is 1. The molecule has 0 aliphatic heterocycles. The molecular formula is C26H19F3N6O2S. The number of ether oxygens (including phenoxy) is 1. The molecule has 0 aliphatic rings. The van der Waals surface area contributed by atoms with Gasteiger partial charge in [0.05, 0.1) is 16.0 Å². The molecule has 192 valence electrons. The van der Waals surface area contributed by atoms with Crippen molar-refractivity contribution in [3.05, 3.63) is 84.2 Å². The summed E-state index contributed by atoms with van der Waals surface area (Å²) >= 11 is 1.30. The van der Waals surface area contributed by atoms with Crippen LogP contribution in [0.15, 0.2) is 73.1 Å². The Morgan fingerprint density at radius 3 is 2.55 bits per heavy atom. The molecule has 8 nitrogen and oxygen atoms in total. The van der Waals surface area contributed by atoms with E-state index >= 15 is 0 Å². The highest BCUT2D eigenvalue weighted by atomic mass is 32.1. The standard InChI is InChI=1S/C26H19F3N6O2S/c1-15(36)32-25-35-23-20(5-2-6-21(23)38-25)37-22-12-19(17-7-9-18(10-8-17)26(27,28)29)33-24(34-22)31-14-16-4-3-11-30-13-16/h2-13H,14H2,1H3,(H,31,33,34)(H,32,35,36). The van der Waals surface area contributed by atoms with Crippen molar-refractivity contribution < 1.29 is 22.7 Å². The van der Waals surface area contributed by atoms with Gasteiger partial charge in [-0.3, -0.25) is 9.78 Å². The van der Waals surface area contributed by atoms with Crippen LogP contribution in [0, 0.1) is 0 Å². The number of hydrogen-bond acceptors (Lipinski definition) is 8. The Morgan fingerprint density at radius 1 is 1.03 bits per heavy atom. The topological polar surface area (TPSA) is 102 Å². The Bertz CT molecular complexity index is 1590. The predicted octanol–water partition coefficient (Wildman–Crippen LogP) is 6.53. The molecule has 12 heteroatoms. The second kappa shape index (κ2) is 10.4. The first kappa shape index (κ1) is 25.1. The van der Waals surface area contributed by atoms with Crippen molar-refractivity contribution in [1.29, 1.82) is 0 Å². The summed E-state index contributed by atoms with van der Waals surface area (Å²) in [5, 5.41) is 6.20. The minimum absolute atomic E-state index is 0.158. The van der Waals surface area contributed by atoms with E-state index in [-0.39, 0.29) is 17.7 Å². The summed E-state index contributed by atoms with van der Waals surface area (Å²) in [6, 6.07) is 15.3. The van der Waals surface area contributed by atoms with Gasteiger partial charge in [0.15, 0.2) is 10.9 Å². The summed E-state index contributed by atoms with van der Waals surface area (Å²) in [6.45, 7) is 1.76. The molecule has 0 spiro atoms. The summed E-state index contributed by atoms with van der Waals surface area (Å²) in [4.78, 5) is 28.9. The quantitative estimate of drug-likeness (QED) is 0.244. The molecule has 38 heavy (non-hydrogen) atoms. The molecule has 1 amide bonds. The molecule has 3 heterocycles. The third-order valence-corrected chi connectivity index (χ3v) is 6.20. The number of pyridine rings is 1. The Morgan fingerprint density at radius 2 is 1.84 bits per heavy atom. The molecule has 0 atom stereocenters. The number of alkyl halides is 3. The van der Waals surface area contributed by atoms with Crippen LogP contribution in [-0.4, -0.2) is 25.8 Å². The minimum atomic E-state index is -4.45. The van der Waals surface area contributed by atoms with Crippen LogP contribution < -0.4 is 15.4 Å². The van der Waals surface area contributed by atoms with Crippen LogP contribution in [0.1, 0.15) is 18.1 Å². The monoisotopic (exact) mass is 536 g/mol. The van der Waals surface area contributed by atoms with E-state index in [1.165, 1.54) is 36.5 Å². The van der Waals surface area contributed by atoms with Crippen molar-refractivity contribution in [2.75, 3.05) is 10.6 Å². The Kier molecular flexibility index (Phi) is 6.88. The van der Waals surface area contributed by atoms with Gasteiger partial charge in [0.2, 0.25) is 17.7 Å². The number of aromatic nitrogens is 4. The molecule has 5 aromatic rings. The van der Waals surface area contributed by atoms with Gasteiger partial charge < -0.3 is 15.4 Å². The number of carbonyl (C=O) groups excluding carboxylic acids is 1. The maximum Gasteiger partial charge on any atom is 0.416 e. The third-order valence-electron chi connectivity index (χ3n) is 5.26. The van der Waals surface area contributed by atoms with Gasteiger partial charge in [0.25, 0.3) is 0 Å². The van der Waals surface area contributed by atoms with E-state index < -0.39 is 11.7 Å². The van der Waals surface area contributed by atoms with Crippen molar-refractivity contribution in [1.82, 2.24) is 19.9 Å². The Balaban J connectivity index is 1.50. The van der Waals surface area contributed by atoms with Crippen LogP contribution in [0.25, 0.3) is 21.5 Å². The fourth-order valence-corrected chi connectivity index (χ4v) is 4.47. The maximum atomic E-state index is 13.1. The number of rotatable bonds is 7. The maximum absolute atomic E-state index is 13.1. The van der Waals surface area contributed by atoms with Gasteiger partial charge >= 0.3 is 6.18 Å². The number of nitrogens with zero attached hydrogens (tertiary/aromatic N) is 4. The summed E-state index contributed by atoms with van der Waals surface area (Å²) in [6.07, 6.45) is -1.09. The van der Waals surface area contributed by atoms with Crippen molar-refractivity contribution in [2.45, 2.75) is 19.6 Å². The van der Waals surface area contributed by atoms with E-state index in [1.807, 2.05) is 12.1 Å². The van der Waals surface area contributed by atoms with Crippen molar-refractivity contribution in [3.8, 4) is 22.9 Å². The lowest BCUT2D eigenvalue weighted by molar-refractivity contribution is -0.137. The fraction of sp³-hybridized carbons (Fsp3) is 0.115. The SMILES string of the molecule is CC(=O)Nc1nc2c(Oc3cc(-c4ccc(C(F)(F)F)cc4)nc(NCc4cccnc4)n3)cccc2s1. The molecule has 0 fully saturated rings. The number of nitrogens with one attached hydrogen (secondary N) is 2. The van der Waals surface area contributed by atoms with E-state index in [1.54, 1.807) is 30.6 Å². The molecule has 5 rings (SSSR count). The lowest BCUT2D eigenvalue weighted by atomic mass is 10.1. The van der Waals surface area contributed by atoms with Gasteiger partial charge in [-0.25, -0.2) is 9.97 Å². The molecule has 2 N–H and O–H groups in total. The highest BCUT2D eigenvalue weighted by Gasteiger charge is 2.30. The lowest BCUT2D eigenvalue weighted by Crippen LogP contribution is -2.06. The number of fused-ring (bicyclic) bond motifs is 1. The number of thiazole rings is 1. The first-order valence-corrected chi connectivity index (χ1v) is 12.1. The second-order valence-corrected chi connectivity index (χ2v) is 9.14. The van der Waals surface area contributed by atoms with Gasteiger partial charge in [-0.05, 0) is 35.9 Å². The first-order valence-electron chi connectivity index (χ1n) is 11.3. The van der Waals surface area contributed by atoms with Gasteiger partial charge in [0, 0.05) is 37.5 Å². The Hall–Kier alpha value is -4.58. The average Bonchev–Trinajstić information content (AvgIpc) is 3.30. The molecule has 0 aliphatic carbocycles. The molecular weight excluding hydrogens is 517 g/mol. The number of anilines is 2. The van der Waals surface area contributed by atoms with Gasteiger partial charge in [-0.15, -0.1) is 0 Å². The third kappa shape index (κ3) is 5.86. The lowest BCUT2D eigenvalue weighted by Gasteiger charge is -2.12. The van der Waals surface area contributed by atoms with E-state index in [9.17, 15) is 18.0 Å². The number of hydrogen-bond donors (Lipinski definition) is 2. The summed E-state index contributed by atoms with van der Waals surface area (Å²) < 4.78 is 46.1. The number of para-hydroxylation sites is 1. The average molecular weight is 537 g/mol. The summed E-state index contributed by atoms with van der Waals surface area (Å²) in [5.74, 6) is 0.522. The largest absolute Gasteiger partial charge is 0.437 e. The van der Waals surface area contributed by atoms with Crippen LogP contribution in [0.4, 0.5) is 24.3 Å². The zero-order chi connectivity index (χ0) is 26.7. The minimum Gasteiger partial charge on any atom is -0.437 e. The molecule has 3 aromatic heterocycles. The van der Waals surface area contributed by atoms with E-state index in [4.69, 9.17) is 4.74 Å². The molecule has 0 unspecified atom stereocenters. The highest BCUT2D eigenvalue weighted by Crippen LogP contribution is 2.36. The summed E-state index contributed by atoms with van der Waals surface area (Å²) in [5.41, 5.74) is 1.47. The van der Waals surface area contributed by atoms with E-state index in [2.05, 4.69) is 30.6 Å². The van der Waals surface area contributed by atoms with Crippen LogP contribution >= 0.6 is 11.3 Å². The van der Waals surface area contributed by atoms with Crippen molar-refractivity contribution in [3.63, 3.8) is 0 Å². The van der Waals surface area contributed by atoms with Crippen LogP contribution in [0.2, 0.25) is 0 Å². The van der Waals surface area contributed by atoms with Gasteiger partial charge in [-0.1, -0.05) is 35.6 Å². The van der Waals surface area contributed by atoms with Gasteiger partial charge in [0.1, 0.15) is 5.52 Å². The molecule has 2 aromatic carbocycles. The second-order valence-electron chi connectivity index (χ2n) is 8.11. The van der Waals surface area contributed by atoms with E-state index in [0.717, 1.165) is 22.4 Å². The van der Waals surface area contributed by atoms with Crippen LogP contribution in [0.3, 0.4) is 0 Å². The zero-order valence-corrected chi connectivity index (χ0v) is 20.6. The smallest absolute Gasteiger partial charge is 0.416 e. The fourth-order valence-electron chi connectivity index (χ4n) is 3.54. The number of amides is 1. The van der Waals surface area contributed by atoms with Crippen molar-refractivity contribution >= 4 is 38.5 Å². The number of halogens is 3. The molecule has 0 bridgehead atoms. The predicted molar refractivity (Wildman–Crippen MR) is 138 cm³/mol. The van der Waals surface area contributed by atoms with Crippen LogP contribution in [-0.2, 0) is 17.5 Å². The first-order chi connectivity index (χ1) is 18.2. The van der Waals surface area contributed by atoms with E-state index in [0.29, 0.717) is 34.2 Å². The Labute approximate surface area is 218 Å². The zero-order valence-electron chi connectivity index (χ0n) is 19.8. The highest BCUT2D eigenvalue weighted by molar-refractivity contribution is 7.22. The summed E-state index contributed by atoms with van der Waals surface area (Å²) in [7, 11) is 0.